The highest BCUT2D eigenvalue weighted by atomic mass is 16.5. The molecule has 0 aliphatic carbocycles. The summed E-state index contributed by atoms with van der Waals surface area (Å²) in [4.78, 5) is 10.7. The highest BCUT2D eigenvalue weighted by molar-refractivity contribution is 5.77. The van der Waals surface area contributed by atoms with Crippen LogP contribution in [0.5, 0.6) is 0 Å². The Morgan fingerprint density at radius 1 is 1.29 bits per heavy atom. The lowest BCUT2D eigenvalue weighted by Gasteiger charge is -2.23. The summed E-state index contributed by atoms with van der Waals surface area (Å²) in [5, 5.41) is 26.9. The third-order valence-electron chi connectivity index (χ3n) is 1.80. The molecule has 0 fully saturated rings. The molecule has 0 saturated carbocycles. The standard InChI is InChI=1S/C9H11NO4/c10-9(13,14)7(8(11)12)6-4-2-1-3-5-6/h1-5,7,13-14H,10H2,(H,11,12). The summed E-state index contributed by atoms with van der Waals surface area (Å²) in [6, 6.07) is 7.81. The van der Waals surface area contributed by atoms with Gasteiger partial charge in [-0.15, -0.1) is 0 Å². The number of aliphatic hydroxyl groups is 2. The minimum atomic E-state index is -2.76. The van der Waals surface area contributed by atoms with E-state index in [1.165, 1.54) is 12.1 Å². The van der Waals surface area contributed by atoms with Crippen LogP contribution < -0.4 is 5.73 Å². The first kappa shape index (κ1) is 10.6. The lowest BCUT2D eigenvalue weighted by Crippen LogP contribution is -2.48. The second kappa shape index (κ2) is 3.75. The van der Waals surface area contributed by atoms with Gasteiger partial charge in [0, 0.05) is 0 Å². The number of benzene rings is 1. The summed E-state index contributed by atoms with van der Waals surface area (Å²) >= 11 is 0. The minimum Gasteiger partial charge on any atom is -0.481 e. The predicted octanol–water partition coefficient (Wildman–Crippen LogP) is -0.548. The van der Waals surface area contributed by atoms with E-state index in [4.69, 9.17) is 21.1 Å². The van der Waals surface area contributed by atoms with Gasteiger partial charge < -0.3 is 15.3 Å². The average Bonchev–Trinajstić information content (AvgIpc) is 2.02. The van der Waals surface area contributed by atoms with Gasteiger partial charge >= 0.3 is 5.97 Å². The van der Waals surface area contributed by atoms with E-state index in [1.54, 1.807) is 18.2 Å². The Morgan fingerprint density at radius 3 is 2.14 bits per heavy atom. The Hall–Kier alpha value is -1.43. The van der Waals surface area contributed by atoms with Crippen LogP contribution in [-0.2, 0) is 4.79 Å². The van der Waals surface area contributed by atoms with E-state index in [0.29, 0.717) is 0 Å². The van der Waals surface area contributed by atoms with E-state index in [2.05, 4.69) is 0 Å². The van der Waals surface area contributed by atoms with Crippen LogP contribution in [-0.4, -0.2) is 27.2 Å². The maximum atomic E-state index is 10.7. The number of rotatable bonds is 3. The highest BCUT2D eigenvalue weighted by Gasteiger charge is 2.37. The van der Waals surface area contributed by atoms with Crippen molar-refractivity contribution in [2.45, 2.75) is 11.8 Å². The summed E-state index contributed by atoms with van der Waals surface area (Å²) in [6.45, 7) is 0. The fourth-order valence-electron chi connectivity index (χ4n) is 1.22. The fraction of sp³-hybridized carbons (Fsp3) is 0.222. The lowest BCUT2D eigenvalue weighted by molar-refractivity contribution is -0.189. The smallest absolute Gasteiger partial charge is 0.318 e. The number of hydrogen-bond donors (Lipinski definition) is 4. The van der Waals surface area contributed by atoms with Crippen molar-refractivity contribution in [1.82, 2.24) is 0 Å². The van der Waals surface area contributed by atoms with Gasteiger partial charge in [0.2, 0.25) is 5.91 Å². The van der Waals surface area contributed by atoms with Crippen LogP contribution in [0.4, 0.5) is 0 Å². The number of carboxylic acid groups (broad SMARTS) is 1. The molecule has 14 heavy (non-hydrogen) atoms. The van der Waals surface area contributed by atoms with Crippen LogP contribution in [0, 0.1) is 0 Å². The maximum absolute atomic E-state index is 10.7. The van der Waals surface area contributed by atoms with Crippen molar-refractivity contribution in [3.05, 3.63) is 35.9 Å². The van der Waals surface area contributed by atoms with Gasteiger partial charge in [-0.2, -0.15) is 0 Å². The van der Waals surface area contributed by atoms with Crippen LogP contribution in [0.3, 0.4) is 0 Å². The van der Waals surface area contributed by atoms with Crippen LogP contribution in [0.25, 0.3) is 0 Å². The first-order valence-corrected chi connectivity index (χ1v) is 3.94. The molecule has 0 radical (unpaired) electrons. The molecule has 0 spiro atoms. The van der Waals surface area contributed by atoms with E-state index < -0.39 is 17.8 Å². The van der Waals surface area contributed by atoms with E-state index in [9.17, 15) is 4.79 Å². The van der Waals surface area contributed by atoms with Gasteiger partial charge in [0.1, 0.15) is 5.92 Å². The molecule has 76 valence electrons. The molecule has 1 aromatic rings. The average molecular weight is 197 g/mol. The second-order valence-electron chi connectivity index (χ2n) is 2.96. The summed E-state index contributed by atoms with van der Waals surface area (Å²) in [7, 11) is 0. The summed E-state index contributed by atoms with van der Waals surface area (Å²) in [5.41, 5.74) is 5.19. The Morgan fingerprint density at radius 2 is 1.79 bits per heavy atom. The van der Waals surface area contributed by atoms with Crippen molar-refractivity contribution in [3.8, 4) is 0 Å². The molecule has 0 amide bonds. The zero-order chi connectivity index (χ0) is 10.8. The Labute approximate surface area is 80.4 Å². The molecule has 5 heteroatoms. The van der Waals surface area contributed by atoms with E-state index in [1.807, 2.05) is 0 Å². The molecule has 5 nitrogen and oxygen atoms in total. The molecule has 0 bridgehead atoms. The molecule has 1 atom stereocenters. The quantitative estimate of drug-likeness (QED) is 0.487. The molecule has 0 aliphatic rings. The first-order valence-electron chi connectivity index (χ1n) is 3.94. The molecule has 0 aliphatic heterocycles. The maximum Gasteiger partial charge on any atom is 0.318 e. The monoisotopic (exact) mass is 197 g/mol. The van der Waals surface area contributed by atoms with Crippen LogP contribution in [0.15, 0.2) is 30.3 Å². The first-order chi connectivity index (χ1) is 6.43. The van der Waals surface area contributed by atoms with Gasteiger partial charge in [-0.1, -0.05) is 30.3 Å². The van der Waals surface area contributed by atoms with Gasteiger partial charge in [0.25, 0.3) is 0 Å². The molecule has 0 aromatic heterocycles. The van der Waals surface area contributed by atoms with Crippen molar-refractivity contribution in [2.24, 2.45) is 5.73 Å². The van der Waals surface area contributed by atoms with Crippen molar-refractivity contribution < 1.29 is 20.1 Å². The Kier molecular flexibility index (Phi) is 2.85. The van der Waals surface area contributed by atoms with Crippen LogP contribution >= 0.6 is 0 Å². The van der Waals surface area contributed by atoms with E-state index >= 15 is 0 Å². The molecule has 0 heterocycles. The minimum absolute atomic E-state index is 0.243. The summed E-state index contributed by atoms with van der Waals surface area (Å²) in [6.07, 6.45) is 0. The zero-order valence-electron chi connectivity index (χ0n) is 7.29. The Bertz CT molecular complexity index is 317. The second-order valence-corrected chi connectivity index (χ2v) is 2.96. The zero-order valence-corrected chi connectivity index (χ0v) is 7.29. The van der Waals surface area contributed by atoms with Crippen molar-refractivity contribution in [2.75, 3.05) is 0 Å². The molecule has 0 saturated heterocycles. The molecular formula is C9H11NO4. The van der Waals surface area contributed by atoms with Crippen molar-refractivity contribution in [3.63, 3.8) is 0 Å². The number of nitrogens with two attached hydrogens (primary N) is 1. The third kappa shape index (κ3) is 2.29. The van der Waals surface area contributed by atoms with E-state index in [-0.39, 0.29) is 5.56 Å². The summed E-state index contributed by atoms with van der Waals surface area (Å²) in [5.74, 6) is -5.69. The largest absolute Gasteiger partial charge is 0.481 e. The number of aliphatic carboxylic acids is 1. The molecule has 1 unspecified atom stereocenters. The molecular weight excluding hydrogens is 186 g/mol. The predicted molar refractivity (Wildman–Crippen MR) is 48.2 cm³/mol. The molecule has 1 aromatic carbocycles. The normalized spacial score (nSPS) is 13.6. The number of hydrogen-bond acceptors (Lipinski definition) is 4. The number of carboxylic acids is 1. The van der Waals surface area contributed by atoms with Gasteiger partial charge in [0.15, 0.2) is 0 Å². The van der Waals surface area contributed by atoms with Crippen molar-refractivity contribution in [1.29, 1.82) is 0 Å². The Balaban J connectivity index is 3.08. The van der Waals surface area contributed by atoms with E-state index in [0.717, 1.165) is 0 Å². The van der Waals surface area contributed by atoms with Gasteiger partial charge in [0.05, 0.1) is 0 Å². The third-order valence-corrected chi connectivity index (χ3v) is 1.80. The van der Waals surface area contributed by atoms with Crippen LogP contribution in [0.2, 0.25) is 0 Å². The fourth-order valence-corrected chi connectivity index (χ4v) is 1.22. The summed E-state index contributed by atoms with van der Waals surface area (Å²) < 4.78 is 0. The van der Waals surface area contributed by atoms with Gasteiger partial charge in [-0.3, -0.25) is 10.5 Å². The highest BCUT2D eigenvalue weighted by Crippen LogP contribution is 2.22. The lowest BCUT2D eigenvalue weighted by atomic mass is 9.96. The topological polar surface area (TPSA) is 104 Å². The van der Waals surface area contributed by atoms with Gasteiger partial charge in [-0.25, -0.2) is 0 Å². The number of carbonyl (C=O) groups is 1. The molecule has 5 N–H and O–H groups in total. The van der Waals surface area contributed by atoms with Gasteiger partial charge in [-0.05, 0) is 5.56 Å². The van der Waals surface area contributed by atoms with Crippen molar-refractivity contribution >= 4 is 5.97 Å². The SMILES string of the molecule is NC(O)(O)C(C(=O)O)c1ccccc1. The van der Waals surface area contributed by atoms with Crippen LogP contribution in [0.1, 0.15) is 11.5 Å². The molecule has 1 rings (SSSR count).